The van der Waals surface area contributed by atoms with Gasteiger partial charge in [-0.05, 0) is 29.8 Å². The summed E-state index contributed by atoms with van der Waals surface area (Å²) in [6.45, 7) is 0. The minimum atomic E-state index is -1.26. The molecule has 0 spiro atoms. The number of hydrogen-bond donors (Lipinski definition) is 0. The third kappa shape index (κ3) is 4.48. The predicted octanol–water partition coefficient (Wildman–Crippen LogP) is 3.35. The van der Waals surface area contributed by atoms with Crippen LogP contribution in [0, 0.1) is 0 Å². The molecule has 0 heterocycles. The lowest BCUT2D eigenvalue weighted by Gasteiger charge is -2.12. The van der Waals surface area contributed by atoms with Crippen LogP contribution in [0.25, 0.3) is 6.08 Å². The molecule has 0 aliphatic rings. The molecule has 1 atom stereocenters. The number of ketones is 1. The van der Waals surface area contributed by atoms with E-state index in [9.17, 15) is 9.00 Å². The summed E-state index contributed by atoms with van der Waals surface area (Å²) >= 11 is 0. The highest BCUT2D eigenvalue weighted by Crippen LogP contribution is 2.31. The molecule has 0 aliphatic heterocycles. The molecule has 0 N–H and O–H groups in total. The van der Waals surface area contributed by atoms with Crippen molar-refractivity contribution < 1.29 is 23.2 Å². The zero-order valence-electron chi connectivity index (χ0n) is 14.6. The first-order chi connectivity index (χ1) is 12.0. The Morgan fingerprint density at radius 1 is 0.960 bits per heavy atom. The maximum absolute atomic E-state index is 12.5. The lowest BCUT2D eigenvalue weighted by molar-refractivity contribution is 0.104. The van der Waals surface area contributed by atoms with E-state index in [1.54, 1.807) is 31.6 Å². The number of carbonyl (C=O) groups is 1. The van der Waals surface area contributed by atoms with Gasteiger partial charge in [0.2, 0.25) is 0 Å². The second kappa shape index (κ2) is 8.48. The van der Waals surface area contributed by atoms with E-state index >= 15 is 0 Å². The van der Waals surface area contributed by atoms with Gasteiger partial charge < -0.3 is 14.2 Å². The third-order valence-corrected chi connectivity index (χ3v) is 4.54. The van der Waals surface area contributed by atoms with Gasteiger partial charge in [-0.2, -0.15) is 0 Å². The Kier molecular flexibility index (Phi) is 6.36. The summed E-state index contributed by atoms with van der Waals surface area (Å²) < 4.78 is 27.4. The van der Waals surface area contributed by atoms with Crippen molar-refractivity contribution in [2.75, 3.05) is 27.6 Å². The van der Waals surface area contributed by atoms with E-state index in [-0.39, 0.29) is 5.78 Å². The van der Waals surface area contributed by atoms with Crippen molar-refractivity contribution in [2.45, 2.75) is 4.90 Å². The van der Waals surface area contributed by atoms with Gasteiger partial charge in [0.1, 0.15) is 17.2 Å². The van der Waals surface area contributed by atoms with Crippen LogP contribution in [0.3, 0.4) is 0 Å². The van der Waals surface area contributed by atoms with Gasteiger partial charge in [0.25, 0.3) is 0 Å². The van der Waals surface area contributed by atoms with Crippen LogP contribution in [0.2, 0.25) is 0 Å². The number of carbonyl (C=O) groups excluding carboxylic acids is 1. The average molecular weight is 360 g/mol. The van der Waals surface area contributed by atoms with Gasteiger partial charge in [-0.3, -0.25) is 9.00 Å². The molecule has 0 fully saturated rings. The fraction of sp³-hybridized carbons (Fsp3) is 0.211. The monoisotopic (exact) mass is 360 g/mol. The molecule has 0 bridgehead atoms. The van der Waals surface area contributed by atoms with Crippen molar-refractivity contribution in [1.29, 1.82) is 0 Å². The highest BCUT2D eigenvalue weighted by Gasteiger charge is 2.17. The molecule has 2 aromatic rings. The molecule has 25 heavy (non-hydrogen) atoms. The van der Waals surface area contributed by atoms with Crippen molar-refractivity contribution in [3.05, 3.63) is 53.6 Å². The Balaban J connectivity index is 2.33. The van der Waals surface area contributed by atoms with Gasteiger partial charge in [0.15, 0.2) is 5.78 Å². The van der Waals surface area contributed by atoms with E-state index in [4.69, 9.17) is 14.2 Å². The largest absolute Gasteiger partial charge is 0.497 e. The quantitative estimate of drug-likeness (QED) is 0.560. The Hall–Kier alpha value is -2.60. The standard InChI is InChI=1S/C19H20O5S/c1-22-14-8-5-13(6-9-14)7-10-16(20)15-11-18(24-3)19(25(4)21)12-17(15)23-2/h5-12H,1-4H3/b10-7+. The number of hydrogen-bond acceptors (Lipinski definition) is 5. The molecule has 6 heteroatoms. The van der Waals surface area contributed by atoms with Gasteiger partial charge >= 0.3 is 0 Å². The molecule has 0 aromatic heterocycles. The highest BCUT2D eigenvalue weighted by atomic mass is 32.2. The smallest absolute Gasteiger partial charge is 0.189 e. The molecule has 132 valence electrons. The van der Waals surface area contributed by atoms with E-state index in [0.29, 0.717) is 22.0 Å². The van der Waals surface area contributed by atoms with Crippen molar-refractivity contribution in [2.24, 2.45) is 0 Å². The van der Waals surface area contributed by atoms with Crippen LogP contribution in [-0.4, -0.2) is 37.6 Å². The van der Waals surface area contributed by atoms with Crippen LogP contribution in [0.15, 0.2) is 47.4 Å². The lowest BCUT2D eigenvalue weighted by atomic mass is 10.1. The van der Waals surface area contributed by atoms with Gasteiger partial charge in [0, 0.05) is 12.3 Å². The average Bonchev–Trinajstić information content (AvgIpc) is 2.65. The highest BCUT2D eigenvalue weighted by molar-refractivity contribution is 7.84. The number of methoxy groups -OCH3 is 3. The van der Waals surface area contributed by atoms with E-state index in [0.717, 1.165) is 11.3 Å². The second-order valence-corrected chi connectivity index (χ2v) is 6.48. The SMILES string of the molecule is COc1ccc(/C=C/C(=O)c2cc(OC)c(S(C)=O)cc2OC)cc1. The maximum atomic E-state index is 12.5. The minimum absolute atomic E-state index is 0.237. The van der Waals surface area contributed by atoms with E-state index in [1.165, 1.54) is 20.3 Å². The summed E-state index contributed by atoms with van der Waals surface area (Å²) in [5.41, 5.74) is 1.21. The normalized spacial score (nSPS) is 12.0. The van der Waals surface area contributed by atoms with E-state index in [2.05, 4.69) is 0 Å². The van der Waals surface area contributed by atoms with Gasteiger partial charge in [-0.15, -0.1) is 0 Å². The number of benzene rings is 2. The lowest BCUT2D eigenvalue weighted by Crippen LogP contribution is -2.03. The van der Waals surface area contributed by atoms with Crippen LogP contribution < -0.4 is 14.2 Å². The van der Waals surface area contributed by atoms with Crippen molar-refractivity contribution in [1.82, 2.24) is 0 Å². The Morgan fingerprint density at radius 2 is 1.60 bits per heavy atom. The summed E-state index contributed by atoms with van der Waals surface area (Å²) in [5, 5.41) is 0. The summed E-state index contributed by atoms with van der Waals surface area (Å²) in [6, 6.07) is 10.5. The molecule has 0 radical (unpaired) electrons. The number of ether oxygens (including phenoxy) is 3. The van der Waals surface area contributed by atoms with E-state index < -0.39 is 10.8 Å². The topological polar surface area (TPSA) is 61.8 Å². The molecule has 5 nitrogen and oxygen atoms in total. The fourth-order valence-corrected chi connectivity index (χ4v) is 2.96. The van der Waals surface area contributed by atoms with Gasteiger partial charge in [0.05, 0.1) is 42.6 Å². The Bertz CT molecular complexity index is 809. The van der Waals surface area contributed by atoms with Crippen LogP contribution >= 0.6 is 0 Å². The molecular weight excluding hydrogens is 340 g/mol. The second-order valence-electron chi connectivity index (χ2n) is 5.13. The Labute approximate surface area is 149 Å². The van der Waals surface area contributed by atoms with Crippen molar-refractivity contribution >= 4 is 22.7 Å². The first kappa shape index (κ1) is 18.7. The van der Waals surface area contributed by atoms with Crippen LogP contribution in [0.4, 0.5) is 0 Å². The molecule has 2 rings (SSSR count). The van der Waals surface area contributed by atoms with Crippen LogP contribution in [0.5, 0.6) is 17.2 Å². The van der Waals surface area contributed by atoms with Crippen molar-refractivity contribution in [3.8, 4) is 17.2 Å². The summed E-state index contributed by atoms with van der Waals surface area (Å²) in [7, 11) is 3.28. The van der Waals surface area contributed by atoms with E-state index in [1.807, 2.05) is 24.3 Å². The molecule has 0 amide bonds. The maximum Gasteiger partial charge on any atom is 0.189 e. The first-order valence-electron chi connectivity index (χ1n) is 7.46. The molecular formula is C19H20O5S. The number of rotatable bonds is 7. The molecule has 0 saturated heterocycles. The van der Waals surface area contributed by atoms with Crippen molar-refractivity contribution in [3.63, 3.8) is 0 Å². The molecule has 2 aromatic carbocycles. The molecule has 1 unspecified atom stereocenters. The first-order valence-corrected chi connectivity index (χ1v) is 9.02. The Morgan fingerprint density at radius 3 is 2.12 bits per heavy atom. The van der Waals surface area contributed by atoms with Crippen LogP contribution in [-0.2, 0) is 10.8 Å². The molecule has 0 saturated carbocycles. The zero-order chi connectivity index (χ0) is 18.4. The summed E-state index contributed by atoms with van der Waals surface area (Å²) in [5.74, 6) is 1.26. The van der Waals surface area contributed by atoms with Crippen LogP contribution in [0.1, 0.15) is 15.9 Å². The summed E-state index contributed by atoms with van der Waals surface area (Å²) in [6.07, 6.45) is 4.71. The predicted molar refractivity (Wildman–Crippen MR) is 98.2 cm³/mol. The summed E-state index contributed by atoms with van der Waals surface area (Å²) in [4.78, 5) is 13.0. The fourth-order valence-electron chi connectivity index (χ4n) is 2.26. The third-order valence-electron chi connectivity index (χ3n) is 3.60. The van der Waals surface area contributed by atoms with Gasteiger partial charge in [-0.25, -0.2) is 0 Å². The van der Waals surface area contributed by atoms with Gasteiger partial charge in [-0.1, -0.05) is 18.2 Å². The zero-order valence-corrected chi connectivity index (χ0v) is 15.4. The number of allylic oxidation sites excluding steroid dienone is 1. The molecule has 0 aliphatic carbocycles. The minimum Gasteiger partial charge on any atom is -0.497 e.